The number of nitrogens with zero attached hydrogens (tertiary/aromatic N) is 1. The zero-order valence-corrected chi connectivity index (χ0v) is 32.8. The molecule has 9 atom stereocenters. The van der Waals surface area contributed by atoms with Crippen LogP contribution in [-0.2, 0) is 30.3 Å². The topological polar surface area (TPSA) is 205 Å². The molecule has 54 heavy (non-hydrogen) atoms. The van der Waals surface area contributed by atoms with Crippen molar-refractivity contribution in [2.24, 2.45) is 23.7 Å². The van der Waals surface area contributed by atoms with E-state index in [2.05, 4.69) is 5.32 Å². The lowest BCUT2D eigenvalue weighted by Crippen LogP contribution is -2.46. The molecular formula is C40H54N2O12. The number of methoxy groups -OCH3 is 1. The fourth-order valence-corrected chi connectivity index (χ4v) is 7.26. The highest BCUT2D eigenvalue weighted by Gasteiger charge is 2.50. The number of phenolic OH excluding ortho intramolecular Hbond substituents is 3. The van der Waals surface area contributed by atoms with Crippen molar-refractivity contribution in [1.29, 1.82) is 0 Å². The summed E-state index contributed by atoms with van der Waals surface area (Å²) in [4.78, 5) is 41.7. The number of Topliss-reactive ketones (excluding diaryl/α,β-unsaturated/α-hetero) is 1. The number of ether oxygens (including phenoxy) is 4. The van der Waals surface area contributed by atoms with Gasteiger partial charge in [-0.1, -0.05) is 45.9 Å². The number of benzene rings is 2. The van der Waals surface area contributed by atoms with Crippen LogP contribution in [0, 0.1) is 30.6 Å². The van der Waals surface area contributed by atoms with Crippen LogP contribution in [0.5, 0.6) is 23.0 Å². The van der Waals surface area contributed by atoms with Crippen LogP contribution in [-0.4, -0.2) is 99.5 Å². The van der Waals surface area contributed by atoms with Crippen LogP contribution in [0.3, 0.4) is 0 Å². The molecule has 2 aromatic carbocycles. The van der Waals surface area contributed by atoms with Gasteiger partial charge in [0.1, 0.15) is 23.4 Å². The van der Waals surface area contributed by atoms with Gasteiger partial charge < -0.3 is 54.7 Å². The normalized spacial score (nSPS) is 31.8. The van der Waals surface area contributed by atoms with E-state index in [9.17, 15) is 39.9 Å². The monoisotopic (exact) mass is 754 g/mol. The molecule has 0 saturated heterocycles. The first kappa shape index (κ1) is 42.1. The fourth-order valence-electron chi connectivity index (χ4n) is 7.26. The van der Waals surface area contributed by atoms with Crippen LogP contribution >= 0.6 is 0 Å². The Labute approximate surface area is 315 Å². The van der Waals surface area contributed by atoms with Crippen molar-refractivity contribution in [2.75, 3.05) is 26.5 Å². The number of rotatable bonds is 4. The van der Waals surface area contributed by atoms with Crippen molar-refractivity contribution in [3.05, 3.63) is 52.8 Å². The van der Waals surface area contributed by atoms with Gasteiger partial charge in [0.2, 0.25) is 0 Å². The number of amides is 1. The third kappa shape index (κ3) is 7.92. The van der Waals surface area contributed by atoms with E-state index in [0.717, 1.165) is 0 Å². The van der Waals surface area contributed by atoms with E-state index in [0.29, 0.717) is 0 Å². The predicted octanol–water partition coefficient (Wildman–Crippen LogP) is 4.82. The molecule has 2 aromatic rings. The maximum Gasteiger partial charge on any atom is 0.312 e. The number of fused-ring (bicyclic) bond motifs is 14. The van der Waals surface area contributed by atoms with Gasteiger partial charge in [-0.25, -0.2) is 0 Å². The number of carbonyl (C=O) groups is 3. The van der Waals surface area contributed by atoms with Crippen molar-refractivity contribution in [1.82, 2.24) is 4.90 Å². The molecule has 6 N–H and O–H groups in total. The number of nitrogens with one attached hydrogen (secondary N) is 1. The Morgan fingerprint density at radius 1 is 0.944 bits per heavy atom. The SMILES string of the molecule is CO[C@H]1/C=C/O[C@@]2(C)Oc3c(C)c(O)c4c(O)c(c(CN(C)C)c(O)c4c3C2=O)NC(=O)/C(C)=C\C=C\[C@H](C)[C@H](O)[C@@H](C)[C@@H](O)[C@@H](C)[C@H](OC(C)=O)[C@@H]1C. The number of carbonyl (C=O) groups excluding carboxylic acids is 3. The van der Waals surface area contributed by atoms with Gasteiger partial charge in [0.15, 0.2) is 5.75 Å². The zero-order valence-electron chi connectivity index (χ0n) is 32.8. The van der Waals surface area contributed by atoms with Crippen LogP contribution in [0.4, 0.5) is 5.69 Å². The minimum Gasteiger partial charge on any atom is -0.507 e. The van der Waals surface area contributed by atoms with E-state index < -0.39 is 88.8 Å². The number of anilines is 1. The molecule has 14 nitrogen and oxygen atoms in total. The number of esters is 1. The molecule has 0 saturated carbocycles. The predicted molar refractivity (Wildman–Crippen MR) is 201 cm³/mol. The molecular weight excluding hydrogens is 700 g/mol. The van der Waals surface area contributed by atoms with E-state index in [1.165, 1.54) is 53.2 Å². The maximum absolute atomic E-state index is 14.2. The van der Waals surface area contributed by atoms with Crippen molar-refractivity contribution in [3.63, 3.8) is 0 Å². The van der Waals surface area contributed by atoms with Crippen LogP contribution in [0.1, 0.15) is 70.0 Å². The van der Waals surface area contributed by atoms with E-state index in [1.54, 1.807) is 58.8 Å². The van der Waals surface area contributed by atoms with Gasteiger partial charge in [-0.05, 0) is 34.0 Å². The van der Waals surface area contributed by atoms with Crippen LogP contribution in [0.15, 0.2) is 36.1 Å². The Kier molecular flexibility index (Phi) is 12.8. The minimum atomic E-state index is -2.01. The van der Waals surface area contributed by atoms with Crippen LogP contribution < -0.4 is 10.1 Å². The maximum atomic E-state index is 14.2. The standard InChI is InChI=1S/C40H54N2O12/c1-18-13-12-14-19(2)39(50)41-30-25(17-42(9)10)34(47)27-28(35(30)48)33(46)23(6)37-29(27)38(49)40(8,54-37)52-16-15-26(51-11)20(3)36(53-24(7)43)22(5)32(45)21(4)31(18)44/h12-16,18,20-22,26,31-32,36,44-48H,17H2,1-11H3,(H,41,50)/b13-12+,16-15+,19-14-/t18-,20+,21+,22+,26-,31-,32+,36+,40-/m0/s1. The molecule has 0 unspecified atom stereocenters. The summed E-state index contributed by atoms with van der Waals surface area (Å²) in [6.07, 6.45) is 3.65. The minimum absolute atomic E-state index is 0.00552. The van der Waals surface area contributed by atoms with Gasteiger partial charge >= 0.3 is 11.8 Å². The molecule has 0 radical (unpaired) electrons. The highest BCUT2D eigenvalue weighted by Crippen LogP contribution is 2.55. The van der Waals surface area contributed by atoms with Crippen molar-refractivity contribution in [2.45, 2.75) is 92.1 Å². The van der Waals surface area contributed by atoms with Crippen LogP contribution in [0.2, 0.25) is 0 Å². The molecule has 296 valence electrons. The summed E-state index contributed by atoms with van der Waals surface area (Å²) >= 11 is 0. The number of ketones is 1. The molecule has 0 fully saturated rings. The quantitative estimate of drug-likeness (QED) is 0.141. The van der Waals surface area contributed by atoms with Crippen molar-refractivity contribution < 1.29 is 58.9 Å². The van der Waals surface area contributed by atoms with Gasteiger partial charge in [-0.3, -0.25) is 14.4 Å². The summed E-state index contributed by atoms with van der Waals surface area (Å²) in [5, 5.41) is 59.9. The van der Waals surface area contributed by atoms with Crippen LogP contribution in [0.25, 0.3) is 10.8 Å². The summed E-state index contributed by atoms with van der Waals surface area (Å²) in [7, 11) is 4.86. The number of aromatic hydroxyl groups is 3. The van der Waals surface area contributed by atoms with E-state index >= 15 is 0 Å². The molecule has 5 rings (SSSR count). The van der Waals surface area contributed by atoms with Gasteiger partial charge in [0, 0.05) is 73.3 Å². The Morgan fingerprint density at radius 2 is 1.59 bits per heavy atom. The molecule has 1 amide bonds. The Hall–Kier alpha value is -4.63. The molecule has 0 spiro atoms. The first-order chi connectivity index (χ1) is 25.2. The fraction of sp³-hybridized carbons (Fsp3) is 0.525. The lowest BCUT2D eigenvalue weighted by atomic mass is 9.78. The number of allylic oxidation sites excluding steroid dienone is 2. The number of hydrogen-bond donors (Lipinski definition) is 6. The second-order valence-corrected chi connectivity index (χ2v) is 14.9. The highest BCUT2D eigenvalue weighted by atomic mass is 16.7. The Balaban J connectivity index is 1.96. The first-order valence-electron chi connectivity index (χ1n) is 17.9. The number of aliphatic hydroxyl groups is 2. The lowest BCUT2D eigenvalue weighted by Gasteiger charge is -2.38. The summed E-state index contributed by atoms with van der Waals surface area (Å²) < 4.78 is 23.5. The molecule has 5 bridgehead atoms. The first-order valence-corrected chi connectivity index (χ1v) is 17.9. The molecule has 3 aliphatic rings. The Morgan fingerprint density at radius 3 is 2.19 bits per heavy atom. The van der Waals surface area contributed by atoms with Crippen molar-refractivity contribution in [3.8, 4) is 23.0 Å². The second-order valence-electron chi connectivity index (χ2n) is 14.9. The number of aliphatic hydroxyl groups excluding tert-OH is 2. The van der Waals surface area contributed by atoms with Gasteiger partial charge in [-0.2, -0.15) is 0 Å². The molecule has 0 aliphatic carbocycles. The average Bonchev–Trinajstić information content (AvgIpc) is 3.38. The molecule has 3 heterocycles. The largest absolute Gasteiger partial charge is 0.507 e. The number of phenols is 3. The van der Waals surface area contributed by atoms with E-state index in [1.807, 2.05) is 0 Å². The van der Waals surface area contributed by atoms with Crippen molar-refractivity contribution >= 4 is 34.1 Å². The third-order valence-corrected chi connectivity index (χ3v) is 10.6. The van der Waals surface area contributed by atoms with E-state index in [4.69, 9.17) is 18.9 Å². The molecule has 3 aliphatic heterocycles. The van der Waals surface area contributed by atoms with Gasteiger partial charge in [0.05, 0.1) is 41.2 Å². The zero-order chi connectivity index (χ0) is 40.6. The summed E-state index contributed by atoms with van der Waals surface area (Å²) in [6, 6.07) is 0. The second kappa shape index (κ2) is 16.4. The number of hydrogen-bond acceptors (Lipinski definition) is 13. The molecule has 14 heteroatoms. The Bertz CT molecular complexity index is 1880. The average molecular weight is 755 g/mol. The summed E-state index contributed by atoms with van der Waals surface area (Å²) in [5.41, 5.74) is 0.0370. The van der Waals surface area contributed by atoms with E-state index in [-0.39, 0.29) is 51.0 Å². The lowest BCUT2D eigenvalue weighted by molar-refractivity contribution is -0.160. The van der Waals surface area contributed by atoms with Gasteiger partial charge in [0.25, 0.3) is 11.7 Å². The van der Waals surface area contributed by atoms with Gasteiger partial charge in [-0.15, -0.1) is 0 Å². The highest BCUT2D eigenvalue weighted by molar-refractivity contribution is 6.22. The molecule has 0 aromatic heterocycles. The third-order valence-electron chi connectivity index (χ3n) is 10.6. The smallest absolute Gasteiger partial charge is 0.312 e. The summed E-state index contributed by atoms with van der Waals surface area (Å²) in [5.74, 6) is -7.98. The summed E-state index contributed by atoms with van der Waals surface area (Å²) in [6.45, 7) is 12.6.